The standard InChI is InChI=1S/C49H45N3O/c1-2-8-37-35(7-1)36-20-31(13-14-38(36)49(37)39-9-3-5-11-41(39)53-42-12-6-4-10-40(42)49)43-50-44(46-16-15-30-17-28(22-46)18-32(30)25-46)52-45(51-43)47-23-29-19-33-21-34(26-47)48(33,24-29)27-47/h1-14,20,28-30,32-34H,15-19,21-27H2/t28-,29+,30?,32?,33-,34?,46?,47?,48?/m1/s1. The molecule has 0 N–H and O–H groups in total. The zero-order valence-electron chi connectivity index (χ0n) is 30.4. The third-order valence-corrected chi connectivity index (χ3v) is 17.4. The summed E-state index contributed by atoms with van der Waals surface area (Å²) in [6, 6.07) is 33.6. The quantitative estimate of drug-likeness (QED) is 0.185. The minimum absolute atomic E-state index is 0.124. The van der Waals surface area contributed by atoms with Crippen LogP contribution in [-0.2, 0) is 16.2 Å². The Bertz CT molecular complexity index is 2400. The summed E-state index contributed by atoms with van der Waals surface area (Å²) in [4.78, 5) is 17.1. The second kappa shape index (κ2) is 9.49. The van der Waals surface area contributed by atoms with E-state index in [9.17, 15) is 0 Å². The third kappa shape index (κ3) is 3.42. The summed E-state index contributed by atoms with van der Waals surface area (Å²) < 4.78 is 6.60. The summed E-state index contributed by atoms with van der Waals surface area (Å²) in [7, 11) is 0. The lowest BCUT2D eigenvalue weighted by atomic mass is 9.55. The van der Waals surface area contributed by atoms with Gasteiger partial charge in [-0.15, -0.1) is 0 Å². The largest absolute Gasteiger partial charge is 0.457 e. The molecule has 4 aromatic carbocycles. The Morgan fingerprint density at radius 2 is 1.26 bits per heavy atom. The van der Waals surface area contributed by atoms with Crippen molar-refractivity contribution in [3.05, 3.63) is 125 Å². The zero-order chi connectivity index (χ0) is 34.3. The zero-order valence-corrected chi connectivity index (χ0v) is 30.4. The highest BCUT2D eigenvalue weighted by Gasteiger charge is 2.72. The van der Waals surface area contributed by atoms with Crippen molar-refractivity contribution in [1.29, 1.82) is 0 Å². The molecule has 53 heavy (non-hydrogen) atoms. The van der Waals surface area contributed by atoms with Gasteiger partial charge in [-0.3, -0.25) is 0 Å². The first kappa shape index (κ1) is 29.1. The molecule has 7 fully saturated rings. The van der Waals surface area contributed by atoms with Gasteiger partial charge in [0.25, 0.3) is 0 Å². The molecule has 5 aromatic rings. The van der Waals surface area contributed by atoms with Gasteiger partial charge in [0.1, 0.15) is 23.1 Å². The lowest BCUT2D eigenvalue weighted by Crippen LogP contribution is -2.42. The fourth-order valence-corrected chi connectivity index (χ4v) is 15.8. The highest BCUT2D eigenvalue weighted by Crippen LogP contribution is 2.79. The van der Waals surface area contributed by atoms with Crippen LogP contribution in [0.5, 0.6) is 11.5 Å². The topological polar surface area (TPSA) is 47.9 Å². The van der Waals surface area contributed by atoms with Gasteiger partial charge >= 0.3 is 0 Å². The first-order chi connectivity index (χ1) is 26.0. The van der Waals surface area contributed by atoms with E-state index in [1.807, 2.05) is 0 Å². The van der Waals surface area contributed by atoms with Crippen LogP contribution < -0.4 is 4.74 Å². The lowest BCUT2D eigenvalue weighted by molar-refractivity contribution is -0.000345. The molecule has 9 atom stereocenters. The Morgan fingerprint density at radius 1 is 0.547 bits per heavy atom. The number of para-hydroxylation sites is 2. The predicted molar refractivity (Wildman–Crippen MR) is 205 cm³/mol. The van der Waals surface area contributed by atoms with Crippen molar-refractivity contribution < 1.29 is 4.74 Å². The first-order valence-corrected chi connectivity index (χ1v) is 20.9. The third-order valence-electron chi connectivity index (χ3n) is 17.4. The Hall–Kier alpha value is -4.31. The summed E-state index contributed by atoms with van der Waals surface area (Å²) in [5, 5.41) is 0. The van der Waals surface area contributed by atoms with E-state index < -0.39 is 5.41 Å². The normalized spacial score (nSPS) is 37.4. The minimum atomic E-state index is -0.455. The summed E-state index contributed by atoms with van der Waals surface area (Å²) in [6.45, 7) is 0. The van der Waals surface area contributed by atoms with Gasteiger partial charge in [0.05, 0.1) is 5.41 Å². The van der Waals surface area contributed by atoms with Gasteiger partial charge < -0.3 is 4.74 Å². The van der Waals surface area contributed by atoms with Gasteiger partial charge in [-0.25, -0.2) is 15.0 Å². The molecule has 4 heteroatoms. The van der Waals surface area contributed by atoms with Crippen LogP contribution in [0, 0.1) is 40.9 Å². The number of ether oxygens (including phenoxy) is 1. The number of fused-ring (bicyclic) bond motifs is 13. The van der Waals surface area contributed by atoms with Gasteiger partial charge in [0.15, 0.2) is 5.82 Å². The Balaban J connectivity index is 0.983. The smallest absolute Gasteiger partial charge is 0.163 e. The highest BCUT2D eigenvalue weighted by atomic mass is 16.5. The summed E-state index contributed by atoms with van der Waals surface area (Å²) in [5.74, 6) is 10.5. The molecule has 0 radical (unpaired) electrons. The summed E-state index contributed by atoms with van der Waals surface area (Å²) in [5.41, 5.74) is 9.20. The van der Waals surface area contributed by atoms with Gasteiger partial charge in [-0.1, -0.05) is 72.8 Å². The van der Waals surface area contributed by atoms with E-state index in [2.05, 4.69) is 91.0 Å². The molecule has 262 valence electrons. The number of hydrogen-bond acceptors (Lipinski definition) is 4. The molecular weight excluding hydrogens is 647 g/mol. The molecule has 4 nitrogen and oxygen atoms in total. The van der Waals surface area contributed by atoms with Crippen molar-refractivity contribution in [3.8, 4) is 34.0 Å². The Labute approximate surface area is 311 Å². The van der Waals surface area contributed by atoms with Crippen molar-refractivity contribution in [1.82, 2.24) is 15.0 Å². The van der Waals surface area contributed by atoms with Crippen molar-refractivity contribution in [2.45, 2.75) is 93.3 Å². The molecular formula is C49H45N3O. The van der Waals surface area contributed by atoms with Gasteiger partial charge in [-0.2, -0.15) is 0 Å². The maximum absolute atomic E-state index is 6.60. The van der Waals surface area contributed by atoms with E-state index in [-0.39, 0.29) is 10.8 Å². The Kier molecular flexibility index (Phi) is 5.21. The SMILES string of the molecule is c1ccc2c(c1)Oc1ccccc1C21c2ccccc2-c2cc(-c3nc(C45CCC6C[C@H](CC6C4)C5)nc(C45CC6C[C@H]7C[C@@H](C4)CC67C5)n3)ccc21. The predicted octanol–water partition coefficient (Wildman–Crippen LogP) is 10.9. The van der Waals surface area contributed by atoms with Gasteiger partial charge in [0, 0.05) is 27.5 Å². The highest BCUT2D eigenvalue weighted by molar-refractivity contribution is 5.90. The van der Waals surface area contributed by atoms with Crippen LogP contribution in [0.1, 0.15) is 111 Å². The first-order valence-electron chi connectivity index (χ1n) is 20.9. The van der Waals surface area contributed by atoms with Crippen LogP contribution in [0.3, 0.4) is 0 Å². The number of nitrogens with zero attached hydrogens (tertiary/aromatic N) is 3. The van der Waals surface area contributed by atoms with E-state index in [1.165, 1.54) is 116 Å². The number of hydrogen-bond donors (Lipinski definition) is 0. The second-order valence-corrected chi connectivity index (χ2v) is 19.6. The van der Waals surface area contributed by atoms with Crippen LogP contribution in [0.4, 0.5) is 0 Å². The lowest BCUT2D eigenvalue weighted by Gasteiger charge is -2.49. The summed E-state index contributed by atoms with van der Waals surface area (Å²) in [6.07, 6.45) is 16.4. The molecule has 9 aliphatic rings. The molecule has 8 aliphatic carbocycles. The fraction of sp³-hybridized carbons (Fsp3) is 0.449. The molecule has 2 heterocycles. The van der Waals surface area contributed by atoms with Crippen molar-refractivity contribution in [2.75, 3.05) is 0 Å². The van der Waals surface area contributed by atoms with Crippen molar-refractivity contribution >= 4 is 0 Å². The van der Waals surface area contributed by atoms with E-state index in [4.69, 9.17) is 19.7 Å². The van der Waals surface area contributed by atoms with Gasteiger partial charge in [0.2, 0.25) is 0 Å². The molecule has 0 saturated heterocycles. The monoisotopic (exact) mass is 691 g/mol. The molecule has 14 rings (SSSR count). The molecule has 6 unspecified atom stereocenters. The summed E-state index contributed by atoms with van der Waals surface area (Å²) >= 11 is 0. The molecule has 6 bridgehead atoms. The number of rotatable bonds is 3. The molecule has 1 aliphatic heterocycles. The van der Waals surface area contributed by atoms with Crippen LogP contribution in [-0.4, -0.2) is 15.0 Å². The average Bonchev–Trinajstić information content (AvgIpc) is 3.75. The van der Waals surface area contributed by atoms with Crippen LogP contribution in [0.2, 0.25) is 0 Å². The second-order valence-electron chi connectivity index (χ2n) is 19.6. The van der Waals surface area contributed by atoms with Crippen molar-refractivity contribution in [2.24, 2.45) is 40.9 Å². The van der Waals surface area contributed by atoms with Crippen LogP contribution in [0.15, 0.2) is 91.0 Å². The molecule has 0 amide bonds. The Morgan fingerprint density at radius 3 is 2.11 bits per heavy atom. The fourth-order valence-electron chi connectivity index (χ4n) is 15.8. The van der Waals surface area contributed by atoms with Crippen LogP contribution >= 0.6 is 0 Å². The average molecular weight is 692 g/mol. The maximum Gasteiger partial charge on any atom is 0.163 e. The van der Waals surface area contributed by atoms with E-state index in [0.717, 1.165) is 64.2 Å². The number of benzene rings is 4. The van der Waals surface area contributed by atoms with E-state index in [0.29, 0.717) is 5.41 Å². The molecule has 1 aromatic heterocycles. The molecule has 2 spiro atoms. The van der Waals surface area contributed by atoms with Crippen molar-refractivity contribution in [3.63, 3.8) is 0 Å². The van der Waals surface area contributed by atoms with E-state index in [1.54, 1.807) is 0 Å². The van der Waals surface area contributed by atoms with E-state index >= 15 is 0 Å². The number of aromatic nitrogens is 3. The van der Waals surface area contributed by atoms with Crippen LogP contribution in [0.25, 0.3) is 22.5 Å². The van der Waals surface area contributed by atoms with Gasteiger partial charge in [-0.05, 0) is 158 Å². The maximum atomic E-state index is 6.60. The minimum Gasteiger partial charge on any atom is -0.457 e. The molecule has 7 saturated carbocycles.